The summed E-state index contributed by atoms with van der Waals surface area (Å²) < 4.78 is 6.50. The van der Waals surface area contributed by atoms with E-state index in [1.807, 2.05) is 32.0 Å². The van der Waals surface area contributed by atoms with Crippen LogP contribution in [0.2, 0.25) is 0 Å². The first-order valence-corrected chi connectivity index (χ1v) is 5.27. The van der Waals surface area contributed by atoms with Gasteiger partial charge in [0.2, 0.25) is 0 Å². The van der Waals surface area contributed by atoms with Crippen molar-refractivity contribution in [2.45, 2.75) is 19.9 Å². The van der Waals surface area contributed by atoms with Crippen molar-refractivity contribution in [2.75, 3.05) is 5.32 Å². The minimum atomic E-state index is 0.325. The molecule has 3 nitrogen and oxygen atoms in total. The Kier molecular flexibility index (Phi) is 2.46. The zero-order valence-electron chi connectivity index (χ0n) is 8.04. The van der Waals surface area contributed by atoms with Crippen molar-refractivity contribution in [3.8, 4) is 0 Å². The summed E-state index contributed by atoms with van der Waals surface area (Å²) in [5, 5.41) is 3.12. The minimum absolute atomic E-state index is 0.325. The molecule has 14 heavy (non-hydrogen) atoms. The Bertz CT molecular complexity index is 450. The first-order chi connectivity index (χ1) is 6.65. The third kappa shape index (κ3) is 1.90. The van der Waals surface area contributed by atoms with Crippen LogP contribution in [-0.4, -0.2) is 11.0 Å². The lowest BCUT2D eigenvalue weighted by Gasteiger charge is -2.02. The Morgan fingerprint density at radius 3 is 2.93 bits per heavy atom. The van der Waals surface area contributed by atoms with Crippen LogP contribution in [0.3, 0.4) is 0 Å². The van der Waals surface area contributed by atoms with Gasteiger partial charge in [-0.25, -0.2) is 0 Å². The molecule has 0 amide bonds. The summed E-state index contributed by atoms with van der Waals surface area (Å²) >= 11 is 3.39. The van der Waals surface area contributed by atoms with Gasteiger partial charge in [-0.3, -0.25) is 0 Å². The predicted octanol–water partition coefficient (Wildman–Crippen LogP) is 3.41. The lowest BCUT2D eigenvalue weighted by Crippen LogP contribution is -2.09. The maximum Gasteiger partial charge on any atom is 0.295 e. The molecule has 74 valence electrons. The number of hydrogen-bond acceptors (Lipinski definition) is 3. The summed E-state index contributed by atoms with van der Waals surface area (Å²) in [4.78, 5) is 4.31. The van der Waals surface area contributed by atoms with Gasteiger partial charge in [0.1, 0.15) is 5.52 Å². The second-order valence-corrected chi connectivity index (χ2v) is 4.35. The van der Waals surface area contributed by atoms with Gasteiger partial charge in [-0.15, -0.1) is 0 Å². The fourth-order valence-corrected chi connectivity index (χ4v) is 1.56. The Morgan fingerprint density at radius 2 is 2.21 bits per heavy atom. The zero-order valence-corrected chi connectivity index (χ0v) is 9.63. The predicted molar refractivity (Wildman–Crippen MR) is 60.5 cm³/mol. The van der Waals surface area contributed by atoms with E-state index in [4.69, 9.17) is 4.42 Å². The number of halogens is 1. The molecule has 0 radical (unpaired) electrons. The van der Waals surface area contributed by atoms with Crippen LogP contribution in [0.1, 0.15) is 13.8 Å². The van der Waals surface area contributed by atoms with E-state index >= 15 is 0 Å². The van der Waals surface area contributed by atoms with Crippen molar-refractivity contribution in [1.82, 2.24) is 4.98 Å². The average molecular weight is 255 g/mol. The topological polar surface area (TPSA) is 38.1 Å². The number of nitrogens with one attached hydrogen (secondary N) is 1. The SMILES string of the molecule is CC(C)Nc1nc2cc(Br)ccc2o1. The van der Waals surface area contributed by atoms with Crippen LogP contribution in [0, 0.1) is 0 Å². The van der Waals surface area contributed by atoms with Crippen LogP contribution >= 0.6 is 15.9 Å². The standard InChI is InChI=1S/C10H11BrN2O/c1-6(2)12-10-13-8-5-7(11)3-4-9(8)14-10/h3-6H,1-2H3,(H,12,13). The minimum Gasteiger partial charge on any atom is -0.424 e. The zero-order chi connectivity index (χ0) is 10.1. The summed E-state index contributed by atoms with van der Waals surface area (Å²) in [6.07, 6.45) is 0. The van der Waals surface area contributed by atoms with Gasteiger partial charge in [0.15, 0.2) is 5.58 Å². The molecular formula is C10H11BrN2O. The monoisotopic (exact) mass is 254 g/mol. The molecule has 0 unspecified atom stereocenters. The molecule has 0 aliphatic heterocycles. The molecule has 1 aromatic carbocycles. The number of rotatable bonds is 2. The molecule has 0 fully saturated rings. The molecule has 0 saturated heterocycles. The molecule has 1 N–H and O–H groups in total. The Morgan fingerprint density at radius 1 is 1.43 bits per heavy atom. The average Bonchev–Trinajstić information content (AvgIpc) is 2.44. The first kappa shape index (κ1) is 9.52. The van der Waals surface area contributed by atoms with Crippen molar-refractivity contribution in [2.24, 2.45) is 0 Å². The molecule has 0 bridgehead atoms. The number of oxazole rings is 1. The van der Waals surface area contributed by atoms with Crippen LogP contribution in [0.4, 0.5) is 6.01 Å². The number of hydrogen-bond donors (Lipinski definition) is 1. The molecule has 4 heteroatoms. The summed E-state index contributed by atoms with van der Waals surface area (Å²) in [5.41, 5.74) is 1.67. The maximum atomic E-state index is 5.49. The summed E-state index contributed by atoms with van der Waals surface area (Å²) in [5.74, 6) is 0. The quantitative estimate of drug-likeness (QED) is 0.893. The fourth-order valence-electron chi connectivity index (χ4n) is 1.21. The third-order valence-corrected chi connectivity index (χ3v) is 2.26. The number of fused-ring (bicyclic) bond motifs is 1. The largest absolute Gasteiger partial charge is 0.424 e. The second kappa shape index (κ2) is 3.61. The van der Waals surface area contributed by atoms with Gasteiger partial charge < -0.3 is 9.73 Å². The van der Waals surface area contributed by atoms with E-state index in [1.165, 1.54) is 0 Å². The van der Waals surface area contributed by atoms with E-state index in [2.05, 4.69) is 26.2 Å². The van der Waals surface area contributed by atoms with E-state index in [1.54, 1.807) is 0 Å². The van der Waals surface area contributed by atoms with Gasteiger partial charge in [-0.2, -0.15) is 4.98 Å². The van der Waals surface area contributed by atoms with Crippen LogP contribution < -0.4 is 5.32 Å². The highest BCUT2D eigenvalue weighted by atomic mass is 79.9. The molecule has 1 aromatic heterocycles. The number of anilines is 1. The number of aromatic nitrogens is 1. The maximum absolute atomic E-state index is 5.49. The molecule has 0 spiro atoms. The second-order valence-electron chi connectivity index (χ2n) is 3.43. The van der Waals surface area contributed by atoms with Gasteiger partial charge in [-0.1, -0.05) is 15.9 Å². The summed E-state index contributed by atoms with van der Waals surface area (Å²) in [6, 6.07) is 6.68. The van der Waals surface area contributed by atoms with Crippen LogP contribution in [0.15, 0.2) is 27.1 Å². The van der Waals surface area contributed by atoms with Crippen molar-refractivity contribution in [3.05, 3.63) is 22.7 Å². The molecule has 1 heterocycles. The van der Waals surface area contributed by atoms with E-state index in [-0.39, 0.29) is 0 Å². The van der Waals surface area contributed by atoms with Gasteiger partial charge in [-0.05, 0) is 32.0 Å². The summed E-state index contributed by atoms with van der Waals surface area (Å²) in [6.45, 7) is 4.09. The Labute approximate surface area is 90.6 Å². The lowest BCUT2D eigenvalue weighted by atomic mass is 10.3. The molecule has 0 aliphatic carbocycles. The fraction of sp³-hybridized carbons (Fsp3) is 0.300. The highest BCUT2D eigenvalue weighted by Gasteiger charge is 2.06. The number of nitrogens with zero attached hydrogens (tertiary/aromatic N) is 1. The van der Waals surface area contributed by atoms with Gasteiger partial charge in [0, 0.05) is 10.5 Å². The highest BCUT2D eigenvalue weighted by Crippen LogP contribution is 2.22. The molecule has 0 aliphatic rings. The van der Waals surface area contributed by atoms with Gasteiger partial charge in [0.05, 0.1) is 0 Å². The van der Waals surface area contributed by atoms with Crippen LogP contribution in [0.5, 0.6) is 0 Å². The van der Waals surface area contributed by atoms with Crippen molar-refractivity contribution < 1.29 is 4.42 Å². The van der Waals surface area contributed by atoms with E-state index < -0.39 is 0 Å². The normalized spacial score (nSPS) is 11.1. The van der Waals surface area contributed by atoms with E-state index in [9.17, 15) is 0 Å². The molecule has 0 saturated carbocycles. The Balaban J connectivity index is 2.41. The van der Waals surface area contributed by atoms with Crippen molar-refractivity contribution in [1.29, 1.82) is 0 Å². The van der Waals surface area contributed by atoms with E-state index in [0.717, 1.165) is 15.6 Å². The van der Waals surface area contributed by atoms with Crippen LogP contribution in [0.25, 0.3) is 11.1 Å². The van der Waals surface area contributed by atoms with Crippen LogP contribution in [-0.2, 0) is 0 Å². The van der Waals surface area contributed by atoms with E-state index in [0.29, 0.717) is 12.1 Å². The molecule has 2 aromatic rings. The lowest BCUT2D eigenvalue weighted by molar-refractivity contribution is 0.606. The summed E-state index contributed by atoms with van der Waals surface area (Å²) in [7, 11) is 0. The van der Waals surface area contributed by atoms with Crippen molar-refractivity contribution in [3.63, 3.8) is 0 Å². The smallest absolute Gasteiger partial charge is 0.295 e. The van der Waals surface area contributed by atoms with Gasteiger partial charge >= 0.3 is 0 Å². The molecule has 2 rings (SSSR count). The Hall–Kier alpha value is -1.03. The first-order valence-electron chi connectivity index (χ1n) is 4.48. The molecule has 0 atom stereocenters. The van der Waals surface area contributed by atoms with Crippen molar-refractivity contribution >= 4 is 33.0 Å². The highest BCUT2D eigenvalue weighted by molar-refractivity contribution is 9.10. The number of benzene rings is 1. The molecular weight excluding hydrogens is 244 g/mol. The third-order valence-electron chi connectivity index (χ3n) is 1.76. The van der Waals surface area contributed by atoms with Gasteiger partial charge in [0.25, 0.3) is 6.01 Å².